The number of nitrogens with two attached hydrogens (primary N) is 1. The second-order valence-electron chi connectivity index (χ2n) is 6.99. The van der Waals surface area contributed by atoms with Crippen LogP contribution in [0.25, 0.3) is 5.69 Å². The van der Waals surface area contributed by atoms with Gasteiger partial charge in [0.1, 0.15) is 0 Å². The van der Waals surface area contributed by atoms with E-state index in [0.717, 1.165) is 0 Å². The number of carbonyl (C=O) groups is 2. The van der Waals surface area contributed by atoms with Crippen molar-refractivity contribution in [3.63, 3.8) is 0 Å². The molecule has 0 aliphatic carbocycles. The number of nitrogen functional groups attached to an aromatic ring is 1. The number of nitrogens with zero attached hydrogens (tertiary/aromatic N) is 3. The van der Waals surface area contributed by atoms with E-state index in [-0.39, 0.29) is 34.5 Å². The number of hydrogen-bond donors (Lipinski definition) is 2. The zero-order valence-corrected chi connectivity index (χ0v) is 17.5. The molecule has 31 heavy (non-hydrogen) atoms. The fraction of sp³-hybridized carbons (Fsp3) is 0.143. The molecule has 2 aromatic carbocycles. The first-order chi connectivity index (χ1) is 14.8. The summed E-state index contributed by atoms with van der Waals surface area (Å²) in [5.41, 5.74) is 7.50. The Hall–Kier alpha value is -3.36. The van der Waals surface area contributed by atoms with Gasteiger partial charge in [-0.15, -0.1) is 0 Å². The van der Waals surface area contributed by atoms with Gasteiger partial charge in [-0.3, -0.25) is 9.59 Å². The number of halogens is 2. The average Bonchev–Trinajstić information content (AvgIpc) is 2.75. The summed E-state index contributed by atoms with van der Waals surface area (Å²) in [5.74, 6) is -1.36. The highest BCUT2D eigenvalue weighted by atomic mass is 35.5. The Bertz CT molecular complexity index is 1270. The van der Waals surface area contributed by atoms with Gasteiger partial charge in [-0.05, 0) is 48.9 Å². The molecule has 10 heteroatoms. The molecule has 0 spiro atoms. The molecule has 0 saturated carbocycles. The molecule has 4 rings (SSSR count). The summed E-state index contributed by atoms with van der Waals surface area (Å²) in [4.78, 5) is 42.9. The molecule has 1 amide bonds. The van der Waals surface area contributed by atoms with E-state index >= 15 is 0 Å². The predicted octanol–water partition coefficient (Wildman–Crippen LogP) is 3.02. The normalized spacial score (nSPS) is 13.0. The number of benzene rings is 2. The molecule has 0 saturated heterocycles. The quantitative estimate of drug-likeness (QED) is 0.622. The number of aromatic carboxylic acids is 1. The molecule has 0 fully saturated rings. The van der Waals surface area contributed by atoms with E-state index in [1.165, 1.54) is 34.9 Å². The van der Waals surface area contributed by atoms with Gasteiger partial charge >= 0.3 is 5.97 Å². The molecule has 3 aromatic rings. The maximum atomic E-state index is 13.1. The van der Waals surface area contributed by atoms with E-state index in [9.17, 15) is 14.4 Å². The molecule has 158 valence electrons. The number of anilines is 1. The maximum absolute atomic E-state index is 13.1. The summed E-state index contributed by atoms with van der Waals surface area (Å²) in [6.45, 7) is 0.456. The molecule has 0 bridgehead atoms. The molecule has 0 atom stereocenters. The van der Waals surface area contributed by atoms with Gasteiger partial charge in [0.2, 0.25) is 5.95 Å². The predicted molar refractivity (Wildman–Crippen MR) is 116 cm³/mol. The van der Waals surface area contributed by atoms with Crippen molar-refractivity contribution < 1.29 is 14.7 Å². The zero-order chi connectivity index (χ0) is 22.3. The van der Waals surface area contributed by atoms with Crippen LogP contribution in [0.4, 0.5) is 5.95 Å². The third kappa shape index (κ3) is 3.87. The number of fused-ring (bicyclic) bond motifs is 1. The molecule has 0 unspecified atom stereocenters. The van der Waals surface area contributed by atoms with Gasteiger partial charge in [-0.25, -0.2) is 14.3 Å². The Morgan fingerprint density at radius 3 is 2.35 bits per heavy atom. The minimum atomic E-state index is -1.07. The Morgan fingerprint density at radius 1 is 1.03 bits per heavy atom. The van der Waals surface area contributed by atoms with Crippen molar-refractivity contribution in [3.8, 4) is 5.69 Å². The molecule has 0 radical (unpaired) electrons. The molecule has 8 nitrogen and oxygen atoms in total. The zero-order valence-electron chi connectivity index (χ0n) is 16.0. The van der Waals surface area contributed by atoms with E-state index in [1.807, 2.05) is 0 Å². The van der Waals surface area contributed by atoms with Crippen LogP contribution >= 0.6 is 23.2 Å². The summed E-state index contributed by atoms with van der Waals surface area (Å²) in [7, 11) is 0. The summed E-state index contributed by atoms with van der Waals surface area (Å²) >= 11 is 11.9. The summed E-state index contributed by atoms with van der Waals surface area (Å²) in [6.07, 6.45) is 0.307. The van der Waals surface area contributed by atoms with Crippen molar-refractivity contribution in [1.29, 1.82) is 0 Å². The molecule has 3 N–H and O–H groups in total. The minimum absolute atomic E-state index is 0.0457. The van der Waals surface area contributed by atoms with E-state index in [0.29, 0.717) is 40.5 Å². The minimum Gasteiger partial charge on any atom is -0.478 e. The summed E-state index contributed by atoms with van der Waals surface area (Å²) in [6, 6.07) is 10.4. The third-order valence-electron chi connectivity index (χ3n) is 5.09. The van der Waals surface area contributed by atoms with Crippen LogP contribution in [-0.4, -0.2) is 38.0 Å². The van der Waals surface area contributed by atoms with Crippen LogP contribution < -0.4 is 11.3 Å². The smallest absolute Gasteiger partial charge is 0.335 e. The molecular weight excluding hydrogens is 443 g/mol. The summed E-state index contributed by atoms with van der Waals surface area (Å²) in [5, 5.41) is 9.68. The molecule has 2 heterocycles. The van der Waals surface area contributed by atoms with Crippen molar-refractivity contribution in [2.75, 3.05) is 12.3 Å². The highest BCUT2D eigenvalue weighted by Gasteiger charge is 2.27. The highest BCUT2D eigenvalue weighted by molar-refractivity contribution is 6.42. The number of aromatic nitrogens is 2. The number of hydrogen-bond acceptors (Lipinski definition) is 5. The lowest BCUT2D eigenvalue weighted by molar-refractivity contribution is 0.0694. The molecule has 1 aromatic heterocycles. The number of rotatable bonds is 3. The van der Waals surface area contributed by atoms with Crippen LogP contribution in [0.3, 0.4) is 0 Å². The fourth-order valence-electron chi connectivity index (χ4n) is 3.49. The van der Waals surface area contributed by atoms with Gasteiger partial charge < -0.3 is 15.7 Å². The highest BCUT2D eigenvalue weighted by Crippen LogP contribution is 2.25. The first-order valence-corrected chi connectivity index (χ1v) is 10.00. The van der Waals surface area contributed by atoms with E-state index in [1.54, 1.807) is 17.0 Å². The third-order valence-corrected chi connectivity index (χ3v) is 5.83. The second kappa shape index (κ2) is 8.05. The van der Waals surface area contributed by atoms with Crippen LogP contribution in [0.1, 0.15) is 32.0 Å². The molecule has 1 aliphatic heterocycles. The SMILES string of the molecule is Nc1nc2c(c(=O)n1-c1ccc(C(=O)O)cc1)CCN(C(=O)c1ccc(Cl)c(Cl)c1)C2. The van der Waals surface area contributed by atoms with Crippen LogP contribution in [0.5, 0.6) is 0 Å². The van der Waals surface area contributed by atoms with Gasteiger partial charge in [0.15, 0.2) is 0 Å². The number of carboxylic acid groups (broad SMARTS) is 1. The van der Waals surface area contributed by atoms with E-state index in [2.05, 4.69) is 4.98 Å². The van der Waals surface area contributed by atoms with Crippen LogP contribution in [0, 0.1) is 0 Å². The first kappa shape index (κ1) is 20.9. The first-order valence-electron chi connectivity index (χ1n) is 9.24. The lowest BCUT2D eigenvalue weighted by Gasteiger charge is -2.28. The van der Waals surface area contributed by atoms with E-state index in [4.69, 9.17) is 34.0 Å². The Balaban J connectivity index is 1.65. The van der Waals surface area contributed by atoms with E-state index < -0.39 is 5.97 Å². The number of amides is 1. The largest absolute Gasteiger partial charge is 0.478 e. The molecule has 1 aliphatic rings. The van der Waals surface area contributed by atoms with Crippen molar-refractivity contribution >= 4 is 41.0 Å². The van der Waals surface area contributed by atoms with Crippen LogP contribution in [0.15, 0.2) is 47.3 Å². The van der Waals surface area contributed by atoms with Gasteiger partial charge in [-0.1, -0.05) is 23.2 Å². The van der Waals surface area contributed by atoms with Crippen LogP contribution in [0.2, 0.25) is 10.0 Å². The standard InChI is InChI=1S/C21H16Cl2N4O4/c22-15-6-3-12(9-16(15)23)18(28)26-8-7-14-17(10-26)25-21(24)27(19(14)29)13-4-1-11(2-5-13)20(30)31/h1-6,9H,7-8,10H2,(H2,24,25)(H,30,31). The van der Waals surface area contributed by atoms with Crippen molar-refractivity contribution in [3.05, 3.63) is 85.2 Å². The second-order valence-corrected chi connectivity index (χ2v) is 7.81. The Labute approximate surface area is 186 Å². The fourth-order valence-corrected chi connectivity index (χ4v) is 3.79. The van der Waals surface area contributed by atoms with Gasteiger partial charge in [0.25, 0.3) is 11.5 Å². The topological polar surface area (TPSA) is 119 Å². The maximum Gasteiger partial charge on any atom is 0.335 e. The van der Waals surface area contributed by atoms with Crippen molar-refractivity contribution in [1.82, 2.24) is 14.5 Å². The lowest BCUT2D eigenvalue weighted by atomic mass is 10.0. The van der Waals surface area contributed by atoms with Crippen molar-refractivity contribution in [2.45, 2.75) is 13.0 Å². The van der Waals surface area contributed by atoms with Gasteiger partial charge in [0, 0.05) is 17.7 Å². The van der Waals surface area contributed by atoms with Crippen LogP contribution in [-0.2, 0) is 13.0 Å². The lowest BCUT2D eigenvalue weighted by Crippen LogP contribution is -2.40. The van der Waals surface area contributed by atoms with Crippen molar-refractivity contribution in [2.24, 2.45) is 0 Å². The number of carbonyl (C=O) groups excluding carboxylic acids is 1. The summed E-state index contributed by atoms with van der Waals surface area (Å²) < 4.78 is 1.24. The van der Waals surface area contributed by atoms with Gasteiger partial charge in [-0.2, -0.15) is 0 Å². The Morgan fingerprint density at radius 2 is 1.71 bits per heavy atom. The monoisotopic (exact) mass is 458 g/mol. The number of carboxylic acids is 1. The Kier molecular flexibility index (Phi) is 5.43. The average molecular weight is 459 g/mol. The molecular formula is C21H16Cl2N4O4. The van der Waals surface area contributed by atoms with Gasteiger partial charge in [0.05, 0.1) is 33.5 Å².